The summed E-state index contributed by atoms with van der Waals surface area (Å²) in [6.45, 7) is 0.196. The first-order valence-corrected chi connectivity index (χ1v) is 6.94. The van der Waals surface area contributed by atoms with Crippen LogP contribution >= 0.6 is 0 Å². The number of nitro benzene ring substituents is 1. The summed E-state index contributed by atoms with van der Waals surface area (Å²) in [7, 11) is 1.27. The highest BCUT2D eigenvalue weighted by molar-refractivity contribution is 5.93. The second kappa shape index (κ2) is 5.99. The van der Waals surface area contributed by atoms with E-state index in [2.05, 4.69) is 4.74 Å². The first-order chi connectivity index (χ1) is 11.5. The number of ether oxygens (including phenoxy) is 1. The summed E-state index contributed by atoms with van der Waals surface area (Å²) in [6, 6.07) is 10.5. The van der Waals surface area contributed by atoms with E-state index >= 15 is 0 Å². The molecule has 0 fully saturated rings. The van der Waals surface area contributed by atoms with Gasteiger partial charge in [-0.25, -0.2) is 9.59 Å². The molecule has 0 saturated carbocycles. The molecule has 0 aliphatic carbocycles. The van der Waals surface area contributed by atoms with E-state index in [1.807, 2.05) is 0 Å². The molecule has 122 valence electrons. The van der Waals surface area contributed by atoms with Gasteiger partial charge in [-0.1, -0.05) is 12.1 Å². The third-order valence-electron chi connectivity index (χ3n) is 3.58. The zero-order chi connectivity index (χ0) is 17.3. The Morgan fingerprint density at radius 1 is 1.25 bits per heavy atom. The number of methoxy groups -OCH3 is 1. The number of benzene rings is 2. The Labute approximate surface area is 135 Å². The van der Waals surface area contributed by atoms with Gasteiger partial charge in [0.15, 0.2) is 5.58 Å². The molecule has 1 aromatic heterocycles. The first kappa shape index (κ1) is 15.5. The summed E-state index contributed by atoms with van der Waals surface area (Å²) >= 11 is 0. The van der Waals surface area contributed by atoms with Crippen LogP contribution in [-0.2, 0) is 11.3 Å². The van der Waals surface area contributed by atoms with Gasteiger partial charge in [0.05, 0.1) is 29.7 Å². The van der Waals surface area contributed by atoms with Gasteiger partial charge in [0.2, 0.25) is 0 Å². The predicted molar refractivity (Wildman–Crippen MR) is 84.0 cm³/mol. The lowest BCUT2D eigenvalue weighted by atomic mass is 10.2. The molecule has 0 spiro atoms. The van der Waals surface area contributed by atoms with Crippen LogP contribution in [0.2, 0.25) is 0 Å². The number of nitrogens with zero attached hydrogens (tertiary/aromatic N) is 2. The quantitative estimate of drug-likeness (QED) is 0.413. The van der Waals surface area contributed by atoms with Crippen molar-refractivity contribution in [1.82, 2.24) is 4.57 Å². The van der Waals surface area contributed by atoms with Crippen LogP contribution in [0.25, 0.3) is 11.1 Å². The predicted octanol–water partition coefficient (Wildman–Crippen LogP) is 2.34. The topological polar surface area (TPSA) is 105 Å². The minimum atomic E-state index is -0.578. The number of carbonyl (C=O) groups excluding carboxylic acids is 1. The molecule has 0 radical (unpaired) electrons. The Kier molecular flexibility index (Phi) is 3.87. The van der Waals surface area contributed by atoms with Crippen molar-refractivity contribution in [3.05, 3.63) is 74.3 Å². The van der Waals surface area contributed by atoms with Crippen LogP contribution in [0.3, 0.4) is 0 Å². The molecule has 1 heterocycles. The number of fused-ring (bicyclic) bond motifs is 1. The molecule has 8 heteroatoms. The van der Waals surface area contributed by atoms with Crippen LogP contribution in [0.1, 0.15) is 15.9 Å². The Balaban J connectivity index is 1.97. The van der Waals surface area contributed by atoms with Crippen molar-refractivity contribution in [3.8, 4) is 0 Å². The van der Waals surface area contributed by atoms with Crippen molar-refractivity contribution < 1.29 is 18.9 Å². The number of nitro groups is 1. The fourth-order valence-electron chi connectivity index (χ4n) is 2.37. The number of hydrogen-bond acceptors (Lipinski definition) is 6. The van der Waals surface area contributed by atoms with Gasteiger partial charge in [-0.05, 0) is 23.8 Å². The monoisotopic (exact) mass is 328 g/mol. The highest BCUT2D eigenvalue weighted by Crippen LogP contribution is 2.18. The summed E-state index contributed by atoms with van der Waals surface area (Å²) in [4.78, 5) is 33.7. The van der Waals surface area contributed by atoms with Crippen LogP contribution in [-0.4, -0.2) is 22.6 Å². The third-order valence-corrected chi connectivity index (χ3v) is 3.58. The van der Waals surface area contributed by atoms with E-state index in [4.69, 9.17) is 4.42 Å². The van der Waals surface area contributed by atoms with E-state index in [1.54, 1.807) is 18.2 Å². The van der Waals surface area contributed by atoms with Crippen molar-refractivity contribution in [1.29, 1.82) is 0 Å². The Hall–Kier alpha value is -3.42. The van der Waals surface area contributed by atoms with Crippen molar-refractivity contribution in [2.45, 2.75) is 6.54 Å². The number of hydrogen-bond donors (Lipinski definition) is 0. The van der Waals surface area contributed by atoms with Gasteiger partial charge in [0.1, 0.15) is 0 Å². The minimum absolute atomic E-state index is 0.0223. The molecule has 3 aromatic rings. The van der Waals surface area contributed by atoms with E-state index in [1.165, 1.54) is 35.9 Å². The zero-order valence-corrected chi connectivity index (χ0v) is 12.6. The highest BCUT2D eigenvalue weighted by Gasteiger charge is 2.14. The van der Waals surface area contributed by atoms with Crippen LogP contribution in [0.5, 0.6) is 0 Å². The van der Waals surface area contributed by atoms with Gasteiger partial charge >= 0.3 is 11.7 Å². The first-order valence-electron chi connectivity index (χ1n) is 6.94. The van der Waals surface area contributed by atoms with Crippen molar-refractivity contribution in [2.75, 3.05) is 7.11 Å². The number of aromatic nitrogens is 1. The molecule has 8 nitrogen and oxygen atoms in total. The van der Waals surface area contributed by atoms with E-state index in [0.717, 1.165) is 0 Å². The molecule has 2 aromatic carbocycles. The molecule has 0 aliphatic rings. The third kappa shape index (κ3) is 2.76. The molecular weight excluding hydrogens is 316 g/mol. The smallest absolute Gasteiger partial charge is 0.420 e. The van der Waals surface area contributed by atoms with Crippen molar-refractivity contribution in [3.63, 3.8) is 0 Å². The van der Waals surface area contributed by atoms with Gasteiger partial charge < -0.3 is 9.15 Å². The summed E-state index contributed by atoms with van der Waals surface area (Å²) in [6.07, 6.45) is 0. The number of carbonyl (C=O) groups is 1. The summed E-state index contributed by atoms with van der Waals surface area (Å²) in [5, 5.41) is 10.7. The lowest BCUT2D eigenvalue weighted by Gasteiger charge is -2.03. The number of non-ortho nitro benzene ring substituents is 1. The van der Waals surface area contributed by atoms with Crippen LogP contribution in [0.15, 0.2) is 51.7 Å². The average Bonchev–Trinajstić information content (AvgIpc) is 2.89. The van der Waals surface area contributed by atoms with Gasteiger partial charge in [-0.2, -0.15) is 0 Å². The highest BCUT2D eigenvalue weighted by atomic mass is 16.6. The molecule has 0 atom stereocenters. The second-order valence-corrected chi connectivity index (χ2v) is 5.05. The summed E-state index contributed by atoms with van der Waals surface area (Å²) in [5.74, 6) is -1.10. The standard InChI is InChI=1S/C16H12N2O6/c1-23-15(19)11-4-7-13-14(8-11)24-16(20)17(13)9-10-2-5-12(6-3-10)18(21)22/h2-8H,9H2,1H3. The average molecular weight is 328 g/mol. The van der Waals surface area contributed by atoms with Gasteiger partial charge in [0, 0.05) is 12.1 Å². The van der Waals surface area contributed by atoms with Gasteiger partial charge in [-0.3, -0.25) is 14.7 Å². The molecule has 0 N–H and O–H groups in total. The largest absolute Gasteiger partial charge is 0.465 e. The van der Waals surface area contributed by atoms with E-state index in [9.17, 15) is 19.7 Å². The fourth-order valence-corrected chi connectivity index (χ4v) is 2.37. The fraction of sp³-hybridized carbons (Fsp3) is 0.125. The minimum Gasteiger partial charge on any atom is -0.465 e. The molecule has 0 amide bonds. The molecule has 3 rings (SSSR count). The molecule has 0 aliphatic heterocycles. The molecular formula is C16H12N2O6. The lowest BCUT2D eigenvalue weighted by Crippen LogP contribution is -2.14. The van der Waals surface area contributed by atoms with Gasteiger partial charge in [0.25, 0.3) is 5.69 Å². The number of esters is 1. The van der Waals surface area contributed by atoms with E-state index < -0.39 is 16.6 Å². The SMILES string of the molecule is COC(=O)c1ccc2c(c1)oc(=O)n2Cc1ccc([N+](=O)[O-])cc1. The molecule has 0 unspecified atom stereocenters. The van der Waals surface area contributed by atoms with Crippen LogP contribution in [0, 0.1) is 10.1 Å². The molecule has 0 bridgehead atoms. The molecule has 24 heavy (non-hydrogen) atoms. The van der Waals surface area contributed by atoms with Crippen molar-refractivity contribution >= 4 is 22.8 Å². The van der Waals surface area contributed by atoms with Crippen LogP contribution < -0.4 is 5.76 Å². The second-order valence-electron chi connectivity index (χ2n) is 5.05. The normalized spacial score (nSPS) is 10.7. The molecule has 0 saturated heterocycles. The van der Waals surface area contributed by atoms with E-state index in [0.29, 0.717) is 11.1 Å². The lowest BCUT2D eigenvalue weighted by molar-refractivity contribution is -0.384. The number of oxazole rings is 1. The Bertz CT molecular complexity index is 984. The summed E-state index contributed by atoms with van der Waals surface area (Å²) in [5.41, 5.74) is 1.75. The zero-order valence-electron chi connectivity index (χ0n) is 12.6. The maximum Gasteiger partial charge on any atom is 0.420 e. The maximum atomic E-state index is 12.0. The summed E-state index contributed by atoms with van der Waals surface area (Å²) < 4.78 is 11.2. The van der Waals surface area contributed by atoms with Gasteiger partial charge in [-0.15, -0.1) is 0 Å². The van der Waals surface area contributed by atoms with Crippen molar-refractivity contribution in [2.24, 2.45) is 0 Å². The Morgan fingerprint density at radius 3 is 2.58 bits per heavy atom. The maximum absolute atomic E-state index is 12.0. The number of rotatable bonds is 4. The van der Waals surface area contributed by atoms with Crippen LogP contribution in [0.4, 0.5) is 5.69 Å². The van der Waals surface area contributed by atoms with E-state index in [-0.39, 0.29) is 23.4 Å². The Morgan fingerprint density at radius 2 is 1.96 bits per heavy atom.